The molecule has 1 aliphatic heterocycles. The minimum Gasteiger partial charge on any atom is -0.465 e. The van der Waals surface area contributed by atoms with Gasteiger partial charge in [-0.2, -0.15) is 10.2 Å². The molecule has 90 valence electrons. The molecule has 18 heavy (non-hydrogen) atoms. The molecule has 2 heterocycles. The number of hydroxylamine groups is 2. The van der Waals surface area contributed by atoms with Gasteiger partial charge >= 0.3 is 0 Å². The zero-order valence-electron chi connectivity index (χ0n) is 9.47. The first kappa shape index (κ1) is 10.7. The predicted molar refractivity (Wildman–Crippen MR) is 64.3 cm³/mol. The van der Waals surface area contributed by atoms with E-state index in [-0.39, 0.29) is 0 Å². The van der Waals surface area contributed by atoms with Crippen LogP contribution in [0.25, 0.3) is 5.70 Å². The number of benzene rings is 1. The van der Waals surface area contributed by atoms with E-state index in [4.69, 9.17) is 4.42 Å². The predicted octanol–water partition coefficient (Wildman–Crippen LogP) is 3.43. The number of furan rings is 1. The third kappa shape index (κ3) is 1.91. The number of hydrogen-bond acceptors (Lipinski definition) is 5. The third-order valence-electron chi connectivity index (χ3n) is 2.65. The van der Waals surface area contributed by atoms with Crippen LogP contribution in [-0.4, -0.2) is 10.3 Å². The van der Waals surface area contributed by atoms with Crippen LogP contribution in [0.1, 0.15) is 17.5 Å². The highest BCUT2D eigenvalue weighted by atomic mass is 16.5. The first-order chi connectivity index (χ1) is 8.84. The van der Waals surface area contributed by atoms with E-state index in [0.29, 0.717) is 11.5 Å². The van der Waals surface area contributed by atoms with Crippen LogP contribution in [0.3, 0.4) is 0 Å². The van der Waals surface area contributed by atoms with Crippen molar-refractivity contribution < 1.29 is 9.62 Å². The maximum Gasteiger partial charge on any atom is 0.223 e. The van der Waals surface area contributed by atoms with Crippen LogP contribution in [0.5, 0.6) is 0 Å². The Morgan fingerprint density at radius 3 is 2.61 bits per heavy atom. The maximum atomic E-state index is 9.92. The fourth-order valence-electron chi connectivity index (χ4n) is 1.76. The van der Waals surface area contributed by atoms with Crippen molar-refractivity contribution in [2.24, 2.45) is 10.2 Å². The molecular weight excluding hydrogens is 230 g/mol. The lowest BCUT2D eigenvalue weighted by Crippen LogP contribution is -2.20. The van der Waals surface area contributed by atoms with Gasteiger partial charge in [0.2, 0.25) is 6.17 Å². The first-order valence-electron chi connectivity index (χ1n) is 5.53. The summed E-state index contributed by atoms with van der Waals surface area (Å²) in [7, 11) is 0. The Labute approximate surface area is 104 Å². The minimum absolute atomic E-state index is 0.546. The van der Waals surface area contributed by atoms with Gasteiger partial charge in [0.15, 0.2) is 5.76 Å². The van der Waals surface area contributed by atoms with Gasteiger partial charge in [-0.15, -0.1) is 0 Å². The van der Waals surface area contributed by atoms with Gasteiger partial charge in [-0.05, 0) is 12.1 Å². The van der Waals surface area contributed by atoms with Gasteiger partial charge in [-0.1, -0.05) is 30.3 Å². The standard InChI is InChI=1S/C13H11N3O2/c17-16-9-11(10-5-2-1-3-6-10)14-15-13(16)12-7-4-8-18-12/h1-9,13,17H. The van der Waals surface area contributed by atoms with Crippen molar-refractivity contribution in [1.29, 1.82) is 0 Å². The van der Waals surface area contributed by atoms with E-state index in [0.717, 1.165) is 10.6 Å². The lowest BCUT2D eigenvalue weighted by molar-refractivity contribution is -0.0877. The second-order valence-electron chi connectivity index (χ2n) is 3.86. The van der Waals surface area contributed by atoms with Crippen LogP contribution in [0.15, 0.2) is 69.6 Å². The largest absolute Gasteiger partial charge is 0.465 e. The highest BCUT2D eigenvalue weighted by Gasteiger charge is 2.23. The molecule has 0 saturated carbocycles. The van der Waals surface area contributed by atoms with Gasteiger partial charge in [0.25, 0.3) is 0 Å². The topological polar surface area (TPSA) is 61.3 Å². The lowest BCUT2D eigenvalue weighted by Gasteiger charge is -2.22. The third-order valence-corrected chi connectivity index (χ3v) is 2.65. The summed E-state index contributed by atoms with van der Waals surface area (Å²) in [4.78, 5) is 0. The van der Waals surface area contributed by atoms with Crippen molar-refractivity contribution in [3.63, 3.8) is 0 Å². The zero-order valence-corrected chi connectivity index (χ0v) is 9.47. The average Bonchev–Trinajstić information content (AvgIpc) is 2.93. The average molecular weight is 241 g/mol. The number of rotatable bonds is 2. The van der Waals surface area contributed by atoms with Crippen molar-refractivity contribution in [2.75, 3.05) is 0 Å². The molecule has 0 saturated heterocycles. The van der Waals surface area contributed by atoms with Crippen LogP contribution < -0.4 is 0 Å². The quantitative estimate of drug-likeness (QED) is 0.876. The summed E-state index contributed by atoms with van der Waals surface area (Å²) < 4.78 is 5.20. The summed E-state index contributed by atoms with van der Waals surface area (Å²) in [6.45, 7) is 0. The van der Waals surface area contributed by atoms with Crippen LogP contribution in [-0.2, 0) is 0 Å². The SMILES string of the molecule is ON1C=C(c2ccccc2)N=NC1c1ccco1. The van der Waals surface area contributed by atoms with Crippen LogP contribution in [0.4, 0.5) is 0 Å². The summed E-state index contributed by atoms with van der Waals surface area (Å²) >= 11 is 0. The second kappa shape index (κ2) is 4.46. The summed E-state index contributed by atoms with van der Waals surface area (Å²) in [5, 5.41) is 19.1. The van der Waals surface area contributed by atoms with Crippen LogP contribution >= 0.6 is 0 Å². The summed E-state index contributed by atoms with van der Waals surface area (Å²) in [6, 6.07) is 13.0. The normalized spacial score (nSPS) is 18.8. The van der Waals surface area contributed by atoms with Gasteiger partial charge in [-0.3, -0.25) is 5.21 Å². The van der Waals surface area contributed by atoms with Crippen molar-refractivity contribution in [2.45, 2.75) is 6.17 Å². The monoisotopic (exact) mass is 241 g/mol. The van der Waals surface area contributed by atoms with Crippen LogP contribution in [0.2, 0.25) is 0 Å². The molecule has 0 amide bonds. The van der Waals surface area contributed by atoms with Gasteiger partial charge < -0.3 is 4.42 Å². The molecule has 5 nitrogen and oxygen atoms in total. The molecule has 0 spiro atoms. The Bertz CT molecular complexity index is 576. The van der Waals surface area contributed by atoms with Gasteiger partial charge in [0.1, 0.15) is 5.70 Å². The van der Waals surface area contributed by atoms with Crippen LogP contribution in [0, 0.1) is 0 Å². The Balaban J connectivity index is 1.87. The Hall–Kier alpha value is -2.40. The van der Waals surface area contributed by atoms with Crippen molar-refractivity contribution in [3.05, 3.63) is 66.3 Å². The van der Waals surface area contributed by atoms with Crippen molar-refractivity contribution in [1.82, 2.24) is 5.06 Å². The number of azo groups is 1. The first-order valence-corrected chi connectivity index (χ1v) is 5.53. The molecule has 1 aliphatic rings. The van der Waals surface area contributed by atoms with Gasteiger partial charge in [0, 0.05) is 5.56 Å². The van der Waals surface area contributed by atoms with Gasteiger partial charge in [-0.25, -0.2) is 5.06 Å². The number of hydrogen-bond donors (Lipinski definition) is 1. The molecule has 5 heteroatoms. The van der Waals surface area contributed by atoms with E-state index in [2.05, 4.69) is 10.2 Å². The molecule has 1 N–H and O–H groups in total. The Morgan fingerprint density at radius 2 is 1.94 bits per heavy atom. The fraction of sp³-hybridized carbons (Fsp3) is 0.0769. The zero-order chi connectivity index (χ0) is 12.4. The van der Waals surface area contributed by atoms with E-state index in [9.17, 15) is 5.21 Å². The van der Waals surface area contributed by atoms with E-state index in [1.807, 2.05) is 30.3 Å². The van der Waals surface area contributed by atoms with Crippen molar-refractivity contribution >= 4 is 5.70 Å². The molecular formula is C13H11N3O2. The minimum atomic E-state index is -0.618. The lowest BCUT2D eigenvalue weighted by atomic mass is 10.2. The van der Waals surface area contributed by atoms with Gasteiger partial charge in [0.05, 0.1) is 12.5 Å². The molecule has 3 rings (SSSR count). The van der Waals surface area contributed by atoms with E-state index in [1.165, 1.54) is 12.5 Å². The molecule has 0 aliphatic carbocycles. The summed E-state index contributed by atoms with van der Waals surface area (Å²) in [6.07, 6.45) is 2.46. The Morgan fingerprint density at radius 1 is 1.11 bits per heavy atom. The second-order valence-corrected chi connectivity index (χ2v) is 3.86. The molecule has 1 unspecified atom stereocenters. The van der Waals surface area contributed by atoms with E-state index in [1.54, 1.807) is 12.1 Å². The molecule has 0 radical (unpaired) electrons. The molecule has 2 aromatic rings. The number of nitrogens with zero attached hydrogens (tertiary/aromatic N) is 3. The van der Waals surface area contributed by atoms with E-state index < -0.39 is 6.17 Å². The smallest absolute Gasteiger partial charge is 0.223 e. The highest BCUT2D eigenvalue weighted by Crippen LogP contribution is 2.30. The van der Waals surface area contributed by atoms with Crippen molar-refractivity contribution in [3.8, 4) is 0 Å². The molecule has 1 aromatic carbocycles. The summed E-state index contributed by atoms with van der Waals surface area (Å²) in [5.41, 5.74) is 1.51. The molecule has 0 fully saturated rings. The Kier molecular flexibility index (Phi) is 2.66. The fourth-order valence-corrected chi connectivity index (χ4v) is 1.76. The molecule has 0 bridgehead atoms. The highest BCUT2D eigenvalue weighted by molar-refractivity contribution is 5.63. The van der Waals surface area contributed by atoms with E-state index >= 15 is 0 Å². The maximum absolute atomic E-state index is 9.92. The summed E-state index contributed by atoms with van der Waals surface area (Å²) in [5.74, 6) is 0.546. The molecule has 1 atom stereocenters. The molecule has 1 aromatic heterocycles.